The molecule has 0 bridgehead atoms. The van der Waals surface area contributed by atoms with E-state index in [2.05, 4.69) is 4.98 Å². The summed E-state index contributed by atoms with van der Waals surface area (Å²) in [5.41, 5.74) is 1.36. The van der Waals surface area contributed by atoms with Gasteiger partial charge in [0.2, 0.25) is 0 Å². The molecule has 138 valence electrons. The number of nitrogens with zero attached hydrogens (tertiary/aromatic N) is 2. The van der Waals surface area contributed by atoms with Crippen LogP contribution in [0.1, 0.15) is 20.6 Å². The van der Waals surface area contributed by atoms with Gasteiger partial charge in [-0.15, -0.1) is 11.3 Å². The van der Waals surface area contributed by atoms with Crippen LogP contribution in [0, 0.1) is 10.1 Å². The van der Waals surface area contributed by atoms with Crippen molar-refractivity contribution in [1.29, 1.82) is 0 Å². The minimum absolute atomic E-state index is 0.0144. The molecule has 0 saturated carbocycles. The van der Waals surface area contributed by atoms with Crippen LogP contribution >= 0.6 is 23.1 Å². The number of benzene rings is 3. The number of ketones is 1. The van der Waals surface area contributed by atoms with Gasteiger partial charge in [0, 0.05) is 11.6 Å². The molecule has 0 aliphatic carbocycles. The third-order valence-electron chi connectivity index (χ3n) is 4.14. The van der Waals surface area contributed by atoms with Crippen molar-refractivity contribution in [1.82, 2.24) is 4.98 Å². The highest BCUT2D eigenvalue weighted by Crippen LogP contribution is 2.43. The van der Waals surface area contributed by atoms with Gasteiger partial charge in [-0.3, -0.25) is 14.9 Å². The van der Waals surface area contributed by atoms with Crippen molar-refractivity contribution < 1.29 is 9.72 Å². The molecule has 1 heterocycles. The van der Waals surface area contributed by atoms with Crippen LogP contribution < -0.4 is 0 Å². The summed E-state index contributed by atoms with van der Waals surface area (Å²) in [5, 5.41) is 11.4. The first-order valence-corrected chi connectivity index (χ1v) is 10.2. The van der Waals surface area contributed by atoms with Gasteiger partial charge in [-0.25, -0.2) is 4.98 Å². The smallest absolute Gasteiger partial charge is 0.282 e. The quantitative estimate of drug-likeness (QED) is 0.172. The highest BCUT2D eigenvalue weighted by atomic mass is 32.2. The van der Waals surface area contributed by atoms with Crippen LogP contribution in [0.5, 0.6) is 0 Å². The minimum Gasteiger partial charge on any atom is -0.292 e. The molecule has 0 aliphatic rings. The zero-order valence-electron chi connectivity index (χ0n) is 14.5. The van der Waals surface area contributed by atoms with E-state index < -0.39 is 10.2 Å². The number of rotatable bonds is 6. The Morgan fingerprint density at radius 3 is 2.39 bits per heavy atom. The fraction of sp³-hybridized carbons (Fsp3) is 0.0476. The standard InChI is InChI=1S/C21H14N2O3S2/c24-19(14-8-2-1-3-9-14)20(21-22-15-10-4-6-12-17(15)28-21)27-18-13-7-5-11-16(18)23(25)26/h1-13,20H. The average molecular weight is 406 g/mol. The number of aromatic nitrogens is 1. The predicted molar refractivity (Wildman–Crippen MR) is 112 cm³/mol. The lowest BCUT2D eigenvalue weighted by Crippen LogP contribution is -2.10. The molecule has 3 aromatic carbocycles. The lowest BCUT2D eigenvalue weighted by Gasteiger charge is -2.13. The topological polar surface area (TPSA) is 73.1 Å². The van der Waals surface area contributed by atoms with Gasteiger partial charge < -0.3 is 0 Å². The van der Waals surface area contributed by atoms with Gasteiger partial charge in [-0.05, 0) is 18.2 Å². The molecule has 1 aromatic heterocycles. The summed E-state index contributed by atoms with van der Waals surface area (Å²) in [7, 11) is 0. The van der Waals surface area contributed by atoms with Crippen LogP contribution in [0.4, 0.5) is 5.69 Å². The Labute approximate surface area is 169 Å². The van der Waals surface area contributed by atoms with E-state index in [4.69, 9.17) is 0 Å². The van der Waals surface area contributed by atoms with E-state index in [0.29, 0.717) is 15.5 Å². The number of hydrogen-bond acceptors (Lipinski definition) is 6. The number of thioether (sulfide) groups is 1. The van der Waals surface area contributed by atoms with Crippen molar-refractivity contribution in [2.24, 2.45) is 0 Å². The number of nitro benzene ring substituents is 1. The van der Waals surface area contributed by atoms with Crippen LogP contribution in [0.3, 0.4) is 0 Å². The third kappa shape index (κ3) is 3.67. The normalized spacial score (nSPS) is 12.0. The van der Waals surface area contributed by atoms with E-state index in [1.807, 2.05) is 30.3 Å². The molecule has 0 N–H and O–H groups in total. The highest BCUT2D eigenvalue weighted by molar-refractivity contribution is 8.00. The molecule has 0 radical (unpaired) electrons. The average Bonchev–Trinajstić information content (AvgIpc) is 3.16. The second kappa shape index (κ2) is 7.92. The maximum atomic E-state index is 13.3. The maximum absolute atomic E-state index is 13.3. The summed E-state index contributed by atoms with van der Waals surface area (Å²) in [4.78, 5) is 29.4. The second-order valence-electron chi connectivity index (χ2n) is 5.97. The molecule has 0 aliphatic heterocycles. The number of para-hydroxylation sites is 2. The first-order valence-electron chi connectivity index (χ1n) is 8.48. The molecule has 7 heteroatoms. The fourth-order valence-electron chi connectivity index (χ4n) is 2.81. The van der Waals surface area contributed by atoms with Crippen LogP contribution in [0.15, 0.2) is 83.8 Å². The summed E-state index contributed by atoms with van der Waals surface area (Å²) in [6.45, 7) is 0. The molecule has 0 spiro atoms. The lowest BCUT2D eigenvalue weighted by atomic mass is 10.1. The molecule has 4 rings (SSSR count). The van der Waals surface area contributed by atoms with Gasteiger partial charge in [0.05, 0.1) is 20.0 Å². The lowest BCUT2D eigenvalue weighted by molar-refractivity contribution is -0.387. The van der Waals surface area contributed by atoms with Crippen LogP contribution in [-0.4, -0.2) is 15.7 Å². The van der Waals surface area contributed by atoms with Crippen LogP contribution in [0.2, 0.25) is 0 Å². The number of fused-ring (bicyclic) bond motifs is 1. The third-order valence-corrected chi connectivity index (χ3v) is 6.66. The van der Waals surface area contributed by atoms with Gasteiger partial charge in [0.25, 0.3) is 5.69 Å². The van der Waals surface area contributed by atoms with Crippen molar-refractivity contribution in [3.63, 3.8) is 0 Å². The Kier molecular flexibility index (Phi) is 5.18. The molecule has 1 unspecified atom stereocenters. The summed E-state index contributed by atoms with van der Waals surface area (Å²) in [6, 6.07) is 23.1. The number of Topliss-reactive ketones (excluding diaryl/α,β-unsaturated/α-hetero) is 1. The molecular weight excluding hydrogens is 392 g/mol. The molecule has 5 nitrogen and oxygen atoms in total. The molecule has 28 heavy (non-hydrogen) atoms. The number of nitro groups is 1. The molecule has 0 saturated heterocycles. The van der Waals surface area contributed by atoms with E-state index in [1.165, 1.54) is 29.2 Å². The fourth-order valence-corrected chi connectivity index (χ4v) is 5.11. The monoisotopic (exact) mass is 406 g/mol. The van der Waals surface area contributed by atoms with E-state index in [1.54, 1.807) is 42.5 Å². The van der Waals surface area contributed by atoms with Crippen molar-refractivity contribution in [2.45, 2.75) is 10.1 Å². The number of carbonyl (C=O) groups is 1. The van der Waals surface area contributed by atoms with Crippen LogP contribution in [-0.2, 0) is 0 Å². The zero-order chi connectivity index (χ0) is 19.5. The van der Waals surface area contributed by atoms with Gasteiger partial charge in [-0.2, -0.15) is 0 Å². The molecule has 0 amide bonds. The first-order chi connectivity index (χ1) is 13.6. The first kappa shape index (κ1) is 18.3. The molecule has 4 aromatic rings. The summed E-state index contributed by atoms with van der Waals surface area (Å²) >= 11 is 2.61. The van der Waals surface area contributed by atoms with Crippen LogP contribution in [0.25, 0.3) is 10.2 Å². The largest absolute Gasteiger partial charge is 0.292 e. The minimum atomic E-state index is -0.666. The van der Waals surface area contributed by atoms with Crippen molar-refractivity contribution in [3.05, 3.63) is 99.5 Å². The Balaban J connectivity index is 1.80. The molecular formula is C21H14N2O3S2. The van der Waals surface area contributed by atoms with Gasteiger partial charge in [0.1, 0.15) is 10.3 Å². The summed E-state index contributed by atoms with van der Waals surface area (Å²) in [5.74, 6) is -0.122. The van der Waals surface area contributed by atoms with E-state index in [-0.39, 0.29) is 11.5 Å². The van der Waals surface area contributed by atoms with E-state index in [9.17, 15) is 14.9 Å². The Hall–Kier alpha value is -3.03. The second-order valence-corrected chi connectivity index (χ2v) is 8.18. The van der Waals surface area contributed by atoms with Crippen molar-refractivity contribution in [2.75, 3.05) is 0 Å². The zero-order valence-corrected chi connectivity index (χ0v) is 16.2. The maximum Gasteiger partial charge on any atom is 0.282 e. The Morgan fingerprint density at radius 1 is 0.964 bits per heavy atom. The molecule has 0 fully saturated rings. The number of hydrogen-bond donors (Lipinski definition) is 0. The van der Waals surface area contributed by atoms with Gasteiger partial charge in [0.15, 0.2) is 5.78 Å². The van der Waals surface area contributed by atoms with E-state index >= 15 is 0 Å². The Bertz CT molecular complexity index is 1130. The van der Waals surface area contributed by atoms with E-state index in [0.717, 1.165) is 10.2 Å². The SMILES string of the molecule is O=C(c1ccccc1)C(Sc1ccccc1[N+](=O)[O-])c1nc2ccccc2s1. The predicted octanol–water partition coefficient (Wildman–Crippen LogP) is 5.92. The Morgan fingerprint density at radius 2 is 1.64 bits per heavy atom. The summed E-state index contributed by atoms with van der Waals surface area (Å²) in [6.07, 6.45) is 0. The highest BCUT2D eigenvalue weighted by Gasteiger charge is 2.29. The number of thiazole rings is 1. The summed E-state index contributed by atoms with van der Waals surface area (Å²) < 4.78 is 0.978. The van der Waals surface area contributed by atoms with Gasteiger partial charge in [-0.1, -0.05) is 66.4 Å². The van der Waals surface area contributed by atoms with Crippen molar-refractivity contribution in [3.8, 4) is 0 Å². The van der Waals surface area contributed by atoms with Crippen molar-refractivity contribution >= 4 is 44.8 Å². The number of carbonyl (C=O) groups excluding carboxylic acids is 1. The molecule has 1 atom stereocenters. The van der Waals surface area contributed by atoms with Gasteiger partial charge >= 0.3 is 0 Å².